The summed E-state index contributed by atoms with van der Waals surface area (Å²) in [6.45, 7) is -1.13. The molecule has 0 saturated carbocycles. The summed E-state index contributed by atoms with van der Waals surface area (Å²) in [5.41, 5.74) is -0.259. The van der Waals surface area contributed by atoms with Gasteiger partial charge in [0.15, 0.2) is 0 Å². The van der Waals surface area contributed by atoms with E-state index < -0.39 is 13.2 Å². The molecule has 6 nitrogen and oxygen atoms in total. The molecule has 0 fully saturated rings. The Morgan fingerprint density at radius 1 is 1.50 bits per heavy atom. The lowest BCUT2D eigenvalue weighted by Gasteiger charge is -2.12. The second-order valence-corrected chi connectivity index (χ2v) is 2.16. The number of rotatable bonds is 2. The molecule has 1 aromatic rings. The highest BCUT2D eigenvalue weighted by molar-refractivity contribution is 5.06. The molecule has 0 bridgehead atoms. The Kier molecular flexibility index (Phi) is 2.41. The Balaban J connectivity index is 3.39. The first kappa shape index (κ1) is 8.69. The largest absolute Gasteiger partial charge is 0.805 e. The minimum absolute atomic E-state index is 0.130. The molecular weight excluding hydrogens is 164 g/mol. The van der Waals surface area contributed by atoms with Crippen molar-refractivity contribution in [3.63, 3.8) is 0 Å². The van der Waals surface area contributed by atoms with Crippen molar-refractivity contribution in [2.45, 2.75) is 13.2 Å². The van der Waals surface area contributed by atoms with Crippen LogP contribution < -0.4 is 4.43 Å². The number of hydrogen-bond donors (Lipinski definition) is 2. The maximum Gasteiger partial charge on any atom is 0.286 e. The minimum atomic E-state index is -0.567. The van der Waals surface area contributed by atoms with Gasteiger partial charge < -0.3 is 20.2 Å². The molecule has 0 saturated heterocycles. The SMILES string of the molecule is O=[n+]1ccn([O-])c(CO)c1CO. The summed E-state index contributed by atoms with van der Waals surface area (Å²) in [6, 6.07) is 0. The molecule has 2 N–H and O–H groups in total. The fourth-order valence-electron chi connectivity index (χ4n) is 0.877. The molecule has 1 heterocycles. The number of aliphatic hydroxyl groups is 2. The summed E-state index contributed by atoms with van der Waals surface area (Å²) in [6.07, 6.45) is 1.94. The van der Waals surface area contributed by atoms with Gasteiger partial charge in [-0.25, -0.2) is 0 Å². The maximum atomic E-state index is 10.9. The van der Waals surface area contributed by atoms with Crippen molar-refractivity contribution in [1.82, 2.24) is 4.73 Å². The molecule has 0 aliphatic carbocycles. The van der Waals surface area contributed by atoms with Crippen molar-refractivity contribution in [3.8, 4) is 0 Å². The Morgan fingerprint density at radius 2 is 2.17 bits per heavy atom. The van der Waals surface area contributed by atoms with Gasteiger partial charge in [-0.15, -0.1) is 0 Å². The van der Waals surface area contributed by atoms with Crippen LogP contribution in [0.5, 0.6) is 0 Å². The molecule has 6 heteroatoms. The highest BCUT2D eigenvalue weighted by Crippen LogP contribution is 2.01. The van der Waals surface area contributed by atoms with E-state index in [-0.39, 0.29) is 11.4 Å². The molecule has 0 aliphatic rings. The standard InChI is InChI=1S/C6H8N2O4/c9-3-5-6(4-10)8(12)2-1-7(5)11/h1-2,9-10H,3-4H2. The van der Waals surface area contributed by atoms with E-state index in [1.165, 1.54) is 0 Å². The third-order valence-corrected chi connectivity index (χ3v) is 1.50. The van der Waals surface area contributed by atoms with Crippen LogP contribution in [0.2, 0.25) is 0 Å². The van der Waals surface area contributed by atoms with Crippen LogP contribution in [-0.2, 0) is 13.2 Å². The van der Waals surface area contributed by atoms with Crippen LogP contribution in [0.15, 0.2) is 12.4 Å². The number of nitrogens with zero attached hydrogens (tertiary/aromatic N) is 2. The van der Waals surface area contributed by atoms with E-state index >= 15 is 0 Å². The molecule has 0 unspecified atom stereocenters. The zero-order valence-electron chi connectivity index (χ0n) is 6.17. The third kappa shape index (κ3) is 1.29. The zero-order chi connectivity index (χ0) is 9.14. The number of aliphatic hydroxyl groups excluding tert-OH is 2. The Labute approximate surface area is 67.5 Å². The molecule has 0 spiro atoms. The average Bonchev–Trinajstić information content (AvgIpc) is 2.08. The summed E-state index contributed by atoms with van der Waals surface area (Å²) < 4.78 is 0.694. The normalized spacial score (nSPS) is 10.2. The molecule has 12 heavy (non-hydrogen) atoms. The van der Waals surface area contributed by atoms with Gasteiger partial charge in [-0.3, -0.25) is 0 Å². The van der Waals surface area contributed by atoms with Gasteiger partial charge in [0.2, 0.25) is 6.20 Å². The van der Waals surface area contributed by atoms with Crippen molar-refractivity contribution < 1.29 is 14.6 Å². The van der Waals surface area contributed by atoms with Crippen LogP contribution in [0, 0.1) is 10.1 Å². The Bertz CT molecular complexity index is 333. The first-order valence-electron chi connectivity index (χ1n) is 3.25. The molecule has 0 atom stereocenters. The van der Waals surface area contributed by atoms with Crippen LogP contribution in [0.25, 0.3) is 0 Å². The fraction of sp³-hybridized carbons (Fsp3) is 0.333. The lowest BCUT2D eigenvalue weighted by atomic mass is 10.3. The summed E-state index contributed by atoms with van der Waals surface area (Å²) in [4.78, 5) is 10.9. The Morgan fingerprint density at radius 3 is 2.58 bits per heavy atom. The molecular formula is C6H8N2O4. The molecule has 1 aromatic heterocycles. The predicted octanol–water partition coefficient (Wildman–Crippen LogP) is -1.27. The van der Waals surface area contributed by atoms with Crippen molar-refractivity contribution in [1.29, 1.82) is 0 Å². The summed E-state index contributed by atoms with van der Waals surface area (Å²) in [5.74, 6) is 0. The lowest BCUT2D eigenvalue weighted by molar-refractivity contribution is -0.509. The van der Waals surface area contributed by atoms with Gasteiger partial charge in [0.1, 0.15) is 12.3 Å². The molecule has 1 rings (SSSR count). The quantitative estimate of drug-likeness (QED) is 0.544. The second-order valence-electron chi connectivity index (χ2n) is 2.16. The van der Waals surface area contributed by atoms with Crippen molar-refractivity contribution >= 4 is 0 Å². The van der Waals surface area contributed by atoms with Crippen LogP contribution in [0.4, 0.5) is 0 Å². The van der Waals surface area contributed by atoms with Gasteiger partial charge in [0, 0.05) is 4.91 Å². The first-order valence-corrected chi connectivity index (χ1v) is 3.25. The van der Waals surface area contributed by atoms with Gasteiger partial charge in [-0.05, 0) is 0 Å². The summed E-state index contributed by atoms with van der Waals surface area (Å²) in [5, 5.41) is 28.2. The molecule has 0 amide bonds. The van der Waals surface area contributed by atoms with Gasteiger partial charge >= 0.3 is 0 Å². The van der Waals surface area contributed by atoms with Crippen molar-refractivity contribution in [2.24, 2.45) is 0 Å². The van der Waals surface area contributed by atoms with E-state index in [9.17, 15) is 10.1 Å². The monoisotopic (exact) mass is 172 g/mol. The van der Waals surface area contributed by atoms with Crippen LogP contribution in [0.3, 0.4) is 0 Å². The third-order valence-electron chi connectivity index (χ3n) is 1.50. The van der Waals surface area contributed by atoms with Gasteiger partial charge in [0.05, 0.1) is 17.2 Å². The van der Waals surface area contributed by atoms with Crippen LogP contribution >= 0.6 is 0 Å². The van der Waals surface area contributed by atoms with Gasteiger partial charge in [0.25, 0.3) is 5.69 Å². The molecule has 0 aromatic carbocycles. The van der Waals surface area contributed by atoms with Crippen molar-refractivity contribution in [2.75, 3.05) is 0 Å². The molecule has 66 valence electrons. The van der Waals surface area contributed by atoms with Gasteiger partial charge in [-0.1, -0.05) is 0 Å². The maximum absolute atomic E-state index is 10.9. The molecule has 0 radical (unpaired) electrons. The van der Waals surface area contributed by atoms with E-state index in [0.29, 0.717) is 9.16 Å². The van der Waals surface area contributed by atoms with Crippen LogP contribution in [-0.4, -0.2) is 14.9 Å². The highest BCUT2D eigenvalue weighted by atomic mass is 16.5. The average molecular weight is 172 g/mol. The minimum Gasteiger partial charge on any atom is -0.805 e. The molecule has 0 aliphatic heterocycles. The zero-order valence-corrected chi connectivity index (χ0v) is 6.17. The Hall–Kier alpha value is -1.40. The van der Waals surface area contributed by atoms with E-state index in [1.807, 2.05) is 0 Å². The van der Waals surface area contributed by atoms with Gasteiger partial charge in [-0.2, -0.15) is 0 Å². The highest BCUT2D eigenvalue weighted by Gasteiger charge is 2.13. The number of hydrogen-bond acceptors (Lipinski definition) is 4. The number of aromatic nitrogens is 2. The fourth-order valence-corrected chi connectivity index (χ4v) is 0.877. The predicted molar refractivity (Wildman–Crippen MR) is 38.4 cm³/mol. The lowest BCUT2D eigenvalue weighted by Crippen LogP contribution is -2.25. The second kappa shape index (κ2) is 3.33. The van der Waals surface area contributed by atoms with E-state index in [4.69, 9.17) is 10.2 Å². The smallest absolute Gasteiger partial charge is 0.286 e. The van der Waals surface area contributed by atoms with E-state index in [0.717, 1.165) is 12.4 Å². The van der Waals surface area contributed by atoms with Crippen molar-refractivity contribution in [3.05, 3.63) is 33.9 Å². The summed E-state index contributed by atoms with van der Waals surface area (Å²) in [7, 11) is 0. The topological polar surface area (TPSA) is 91.4 Å². The first-order chi connectivity index (χ1) is 5.70. The van der Waals surface area contributed by atoms with E-state index in [2.05, 4.69) is 0 Å². The van der Waals surface area contributed by atoms with Crippen LogP contribution in [0.1, 0.15) is 11.4 Å². The summed E-state index contributed by atoms with van der Waals surface area (Å²) >= 11 is 0. The van der Waals surface area contributed by atoms with E-state index in [1.54, 1.807) is 0 Å².